The van der Waals surface area contributed by atoms with Crippen molar-refractivity contribution in [1.29, 1.82) is 0 Å². The van der Waals surface area contributed by atoms with Crippen LogP contribution in [0.15, 0.2) is 66.7 Å². The molecule has 0 aliphatic rings. The van der Waals surface area contributed by atoms with E-state index in [9.17, 15) is 8.78 Å². The zero-order chi connectivity index (χ0) is 20.5. The predicted molar refractivity (Wildman–Crippen MR) is 121 cm³/mol. The summed E-state index contributed by atoms with van der Waals surface area (Å²) in [6.45, 7) is 4.65. The summed E-state index contributed by atoms with van der Waals surface area (Å²) < 4.78 is 36.7. The number of ether oxygens (including phenoxy) is 1. The molecule has 0 spiro atoms. The van der Waals surface area contributed by atoms with Gasteiger partial charge in [0.1, 0.15) is 12.4 Å². The fourth-order valence-corrected chi connectivity index (χ4v) is 4.96. The predicted octanol–water partition coefficient (Wildman–Crippen LogP) is 7.22. The molecule has 2 nitrogen and oxygen atoms in total. The van der Waals surface area contributed by atoms with Gasteiger partial charge in [-0.3, -0.25) is 0 Å². The number of nitrogens with zero attached hydrogens (tertiary/aromatic N) is 1. The molecule has 5 heteroatoms. The highest BCUT2D eigenvalue weighted by Gasteiger charge is 2.22. The lowest BCUT2D eigenvalue weighted by atomic mass is 10.1. The number of aromatic nitrogens is 1. The quantitative estimate of drug-likeness (QED) is 0.263. The molecule has 29 heavy (non-hydrogen) atoms. The lowest BCUT2D eigenvalue weighted by Gasteiger charge is -2.14. The summed E-state index contributed by atoms with van der Waals surface area (Å²) in [5.74, 6) is -0.744. The Hall–Kier alpha value is -2.41. The Labute approximate surface area is 182 Å². The highest BCUT2D eigenvalue weighted by molar-refractivity contribution is 14.1. The van der Waals surface area contributed by atoms with Crippen LogP contribution in [0.4, 0.5) is 8.78 Å². The number of hydrogen-bond donors (Lipinski definition) is 0. The summed E-state index contributed by atoms with van der Waals surface area (Å²) >= 11 is 2.33. The third-order valence-electron chi connectivity index (χ3n) is 4.88. The maximum absolute atomic E-state index is 14.0. The molecule has 0 N–H and O–H groups in total. The Morgan fingerprint density at radius 1 is 0.931 bits per heavy atom. The minimum Gasteiger partial charge on any atom is -0.488 e. The Balaban J connectivity index is 1.87. The fraction of sp³-hybridized carbons (Fsp3) is 0.167. The molecular formula is C24H20F2INO. The molecule has 148 valence electrons. The monoisotopic (exact) mass is 503 g/mol. The maximum Gasteiger partial charge on any atom is 0.160 e. The molecule has 0 aliphatic carbocycles. The Kier molecular flexibility index (Phi) is 5.58. The number of halogens is 3. The Morgan fingerprint density at radius 3 is 2.38 bits per heavy atom. The van der Waals surface area contributed by atoms with Crippen molar-refractivity contribution in [2.75, 3.05) is 0 Å². The van der Waals surface area contributed by atoms with Gasteiger partial charge in [-0.15, -0.1) is 0 Å². The van der Waals surface area contributed by atoms with Crippen molar-refractivity contribution in [1.82, 2.24) is 4.57 Å². The van der Waals surface area contributed by atoms with E-state index in [2.05, 4.69) is 36.4 Å². The lowest BCUT2D eigenvalue weighted by molar-refractivity contribution is 0.310. The molecule has 0 fully saturated rings. The van der Waals surface area contributed by atoms with Crippen LogP contribution in [-0.2, 0) is 6.61 Å². The largest absolute Gasteiger partial charge is 0.488 e. The summed E-state index contributed by atoms with van der Waals surface area (Å²) in [5.41, 5.74) is 3.64. The van der Waals surface area contributed by atoms with Gasteiger partial charge >= 0.3 is 0 Å². The van der Waals surface area contributed by atoms with Gasteiger partial charge in [-0.2, -0.15) is 0 Å². The molecule has 0 radical (unpaired) electrons. The van der Waals surface area contributed by atoms with E-state index in [1.165, 1.54) is 12.1 Å². The summed E-state index contributed by atoms with van der Waals surface area (Å²) in [7, 11) is 0. The average Bonchev–Trinajstić information content (AvgIpc) is 3.02. The summed E-state index contributed by atoms with van der Waals surface area (Å²) in [6, 6.07) is 19.9. The van der Waals surface area contributed by atoms with Crippen molar-refractivity contribution in [2.45, 2.75) is 26.4 Å². The van der Waals surface area contributed by atoms with Crippen LogP contribution in [0.25, 0.3) is 16.6 Å². The van der Waals surface area contributed by atoms with E-state index in [1.807, 2.05) is 53.1 Å². The van der Waals surface area contributed by atoms with E-state index in [-0.39, 0.29) is 5.92 Å². The molecule has 0 unspecified atom stereocenters. The lowest BCUT2D eigenvalue weighted by Crippen LogP contribution is -2.04. The van der Waals surface area contributed by atoms with Crippen LogP contribution in [0.3, 0.4) is 0 Å². The molecule has 0 aliphatic heterocycles. The van der Waals surface area contributed by atoms with Gasteiger partial charge in [0.05, 0.1) is 10.9 Å². The topological polar surface area (TPSA) is 14.2 Å². The molecule has 0 bridgehead atoms. The van der Waals surface area contributed by atoms with Gasteiger partial charge in [-0.25, -0.2) is 8.78 Å². The third kappa shape index (κ3) is 3.75. The first-order valence-electron chi connectivity index (χ1n) is 9.42. The maximum atomic E-state index is 14.0. The summed E-state index contributed by atoms with van der Waals surface area (Å²) in [4.78, 5) is 0. The fourth-order valence-electron chi connectivity index (χ4n) is 3.55. The van der Waals surface area contributed by atoms with Gasteiger partial charge in [-0.1, -0.05) is 50.2 Å². The van der Waals surface area contributed by atoms with Crippen molar-refractivity contribution in [3.05, 3.63) is 93.2 Å². The first-order chi connectivity index (χ1) is 14.0. The van der Waals surface area contributed by atoms with Crippen LogP contribution in [0, 0.1) is 15.2 Å². The van der Waals surface area contributed by atoms with Crippen molar-refractivity contribution in [3.63, 3.8) is 0 Å². The molecule has 4 aromatic rings. The second kappa shape index (κ2) is 8.14. The van der Waals surface area contributed by atoms with Crippen LogP contribution in [-0.4, -0.2) is 4.57 Å². The molecule has 1 heterocycles. The van der Waals surface area contributed by atoms with Gasteiger partial charge in [0.2, 0.25) is 0 Å². The zero-order valence-corrected chi connectivity index (χ0v) is 18.3. The Bertz CT molecular complexity index is 1170. The van der Waals surface area contributed by atoms with Gasteiger partial charge in [-0.05, 0) is 58.3 Å². The van der Waals surface area contributed by atoms with E-state index in [0.717, 1.165) is 31.5 Å². The number of hydrogen-bond acceptors (Lipinski definition) is 1. The first kappa shape index (κ1) is 19.9. The van der Waals surface area contributed by atoms with Crippen LogP contribution < -0.4 is 4.74 Å². The molecule has 3 aromatic carbocycles. The first-order valence-corrected chi connectivity index (χ1v) is 10.5. The SMILES string of the molecule is CC(C)c1c(I)c2c(OCc3ccccc3)cccc2n1-c1ccc(F)c(F)c1. The molecular weight excluding hydrogens is 483 g/mol. The summed E-state index contributed by atoms with van der Waals surface area (Å²) in [6.07, 6.45) is 0. The number of rotatable bonds is 5. The average molecular weight is 503 g/mol. The van der Waals surface area contributed by atoms with Crippen molar-refractivity contribution in [2.24, 2.45) is 0 Å². The van der Waals surface area contributed by atoms with E-state index >= 15 is 0 Å². The molecule has 0 amide bonds. The van der Waals surface area contributed by atoms with Gasteiger partial charge < -0.3 is 9.30 Å². The van der Waals surface area contributed by atoms with Crippen molar-refractivity contribution < 1.29 is 13.5 Å². The second-order valence-electron chi connectivity index (χ2n) is 7.21. The van der Waals surface area contributed by atoms with Crippen LogP contribution >= 0.6 is 22.6 Å². The minimum absolute atomic E-state index is 0.185. The highest BCUT2D eigenvalue weighted by atomic mass is 127. The van der Waals surface area contributed by atoms with E-state index in [4.69, 9.17) is 4.74 Å². The van der Waals surface area contributed by atoms with E-state index in [1.54, 1.807) is 6.07 Å². The second-order valence-corrected chi connectivity index (χ2v) is 8.29. The van der Waals surface area contributed by atoms with Gasteiger partial charge in [0.15, 0.2) is 11.6 Å². The highest BCUT2D eigenvalue weighted by Crippen LogP contribution is 2.40. The molecule has 1 aromatic heterocycles. The number of fused-ring (bicyclic) bond motifs is 1. The zero-order valence-electron chi connectivity index (χ0n) is 16.1. The molecule has 0 saturated carbocycles. The van der Waals surface area contributed by atoms with Gasteiger partial charge in [0.25, 0.3) is 0 Å². The number of benzene rings is 3. The van der Waals surface area contributed by atoms with Crippen molar-refractivity contribution in [3.8, 4) is 11.4 Å². The van der Waals surface area contributed by atoms with Crippen LogP contribution in [0.5, 0.6) is 5.75 Å². The van der Waals surface area contributed by atoms with Gasteiger partial charge in [0, 0.05) is 21.0 Å². The van der Waals surface area contributed by atoms with Crippen LogP contribution in [0.1, 0.15) is 31.0 Å². The van der Waals surface area contributed by atoms with E-state index < -0.39 is 11.6 Å². The molecule has 4 rings (SSSR count). The Morgan fingerprint density at radius 2 is 1.69 bits per heavy atom. The standard InChI is InChI=1S/C24H20F2INO/c1-15(2)24-23(27)22-20(28(24)17-11-12-18(25)19(26)13-17)9-6-10-21(22)29-14-16-7-4-3-5-8-16/h3-13,15H,14H2,1-2H3. The van der Waals surface area contributed by atoms with Crippen molar-refractivity contribution >= 4 is 33.5 Å². The summed E-state index contributed by atoms with van der Waals surface area (Å²) in [5, 5.41) is 0.984. The van der Waals surface area contributed by atoms with Crippen LogP contribution in [0.2, 0.25) is 0 Å². The van der Waals surface area contributed by atoms with E-state index in [0.29, 0.717) is 12.3 Å². The third-order valence-corrected chi connectivity index (χ3v) is 5.97. The minimum atomic E-state index is -0.856. The smallest absolute Gasteiger partial charge is 0.160 e. The molecule has 0 atom stereocenters. The normalized spacial score (nSPS) is 11.4. The molecule has 0 saturated heterocycles.